The molecule has 4 nitrogen and oxygen atoms in total. The number of unbranched alkanes of at least 4 members (excludes halogenated alkanes) is 1. The first kappa shape index (κ1) is 13.3. The number of hydrogen-bond donors (Lipinski definition) is 2. The van der Waals surface area contributed by atoms with Gasteiger partial charge in [0, 0.05) is 12.6 Å². The molecule has 16 heavy (non-hydrogen) atoms. The smallest absolute Gasteiger partial charge is 0.407 e. The molecular formula is C12H24N2O2. The second kappa shape index (κ2) is 7.49. The van der Waals surface area contributed by atoms with Gasteiger partial charge < -0.3 is 15.8 Å². The van der Waals surface area contributed by atoms with E-state index in [-0.39, 0.29) is 6.09 Å². The van der Waals surface area contributed by atoms with Crippen molar-refractivity contribution in [3.63, 3.8) is 0 Å². The van der Waals surface area contributed by atoms with Gasteiger partial charge in [0.1, 0.15) is 0 Å². The van der Waals surface area contributed by atoms with Crippen molar-refractivity contribution in [2.45, 2.75) is 51.5 Å². The molecule has 1 aliphatic rings. The topological polar surface area (TPSA) is 64.3 Å². The Morgan fingerprint density at radius 2 is 2.06 bits per heavy atom. The van der Waals surface area contributed by atoms with E-state index in [0.29, 0.717) is 18.6 Å². The van der Waals surface area contributed by atoms with Gasteiger partial charge in [0.25, 0.3) is 0 Å². The summed E-state index contributed by atoms with van der Waals surface area (Å²) in [7, 11) is 0. The Hall–Kier alpha value is -0.770. The molecule has 3 N–H and O–H groups in total. The van der Waals surface area contributed by atoms with Crippen molar-refractivity contribution in [2.75, 3.05) is 13.2 Å². The van der Waals surface area contributed by atoms with E-state index < -0.39 is 0 Å². The molecule has 4 heteroatoms. The fourth-order valence-corrected chi connectivity index (χ4v) is 1.98. The van der Waals surface area contributed by atoms with E-state index in [1.807, 2.05) is 0 Å². The van der Waals surface area contributed by atoms with Gasteiger partial charge in [-0.3, -0.25) is 0 Å². The molecule has 1 fully saturated rings. The van der Waals surface area contributed by atoms with Gasteiger partial charge in [-0.25, -0.2) is 4.79 Å². The number of hydrogen-bond acceptors (Lipinski definition) is 3. The highest BCUT2D eigenvalue weighted by molar-refractivity contribution is 5.67. The highest BCUT2D eigenvalue weighted by atomic mass is 16.5. The fraction of sp³-hybridized carbons (Fsp3) is 0.917. The normalized spacial score (nSPS) is 25.1. The predicted molar refractivity (Wildman–Crippen MR) is 64.2 cm³/mol. The molecule has 0 aromatic carbocycles. The maximum atomic E-state index is 11.3. The van der Waals surface area contributed by atoms with Gasteiger partial charge in [-0.05, 0) is 38.0 Å². The molecule has 0 spiro atoms. The Labute approximate surface area is 97.9 Å². The number of ether oxygens (including phenoxy) is 1. The molecule has 0 radical (unpaired) electrons. The summed E-state index contributed by atoms with van der Waals surface area (Å²) in [5.74, 6) is 0.582. The second-order valence-electron chi connectivity index (χ2n) is 4.65. The van der Waals surface area contributed by atoms with Crippen LogP contribution in [0.2, 0.25) is 0 Å². The van der Waals surface area contributed by atoms with Crippen LogP contribution in [-0.4, -0.2) is 25.3 Å². The van der Waals surface area contributed by atoms with E-state index >= 15 is 0 Å². The van der Waals surface area contributed by atoms with Gasteiger partial charge in [-0.2, -0.15) is 0 Å². The van der Waals surface area contributed by atoms with Gasteiger partial charge in [-0.1, -0.05) is 13.3 Å². The summed E-state index contributed by atoms with van der Waals surface area (Å²) >= 11 is 0. The number of alkyl carbamates (subject to hydrolysis) is 1. The molecule has 0 aliphatic heterocycles. The van der Waals surface area contributed by atoms with Crippen LogP contribution in [0.4, 0.5) is 4.79 Å². The fourth-order valence-electron chi connectivity index (χ4n) is 1.98. The van der Waals surface area contributed by atoms with Crippen LogP contribution >= 0.6 is 0 Å². The molecule has 0 aromatic heterocycles. The van der Waals surface area contributed by atoms with Crippen LogP contribution in [0.5, 0.6) is 0 Å². The zero-order valence-electron chi connectivity index (χ0n) is 10.2. The van der Waals surface area contributed by atoms with Crippen molar-refractivity contribution in [1.29, 1.82) is 0 Å². The minimum atomic E-state index is -0.275. The number of nitrogens with two attached hydrogens (primary N) is 1. The molecule has 1 saturated carbocycles. The second-order valence-corrected chi connectivity index (χ2v) is 4.65. The Bertz CT molecular complexity index is 201. The lowest BCUT2D eigenvalue weighted by Crippen LogP contribution is -2.34. The maximum absolute atomic E-state index is 11.3. The highest BCUT2D eigenvalue weighted by Crippen LogP contribution is 2.22. The van der Waals surface area contributed by atoms with Crippen molar-refractivity contribution in [3.8, 4) is 0 Å². The Balaban J connectivity index is 2.03. The van der Waals surface area contributed by atoms with Crippen LogP contribution in [-0.2, 0) is 4.74 Å². The number of nitrogens with one attached hydrogen (secondary N) is 1. The third-order valence-corrected chi connectivity index (χ3v) is 3.16. The molecule has 0 unspecified atom stereocenters. The first-order valence-corrected chi connectivity index (χ1v) is 6.38. The van der Waals surface area contributed by atoms with Crippen LogP contribution in [0.25, 0.3) is 0 Å². The van der Waals surface area contributed by atoms with Crippen LogP contribution in [0, 0.1) is 5.92 Å². The number of carbonyl (C=O) groups excluding carboxylic acids is 1. The average molecular weight is 228 g/mol. The van der Waals surface area contributed by atoms with Crippen LogP contribution in [0.15, 0.2) is 0 Å². The molecule has 0 saturated heterocycles. The van der Waals surface area contributed by atoms with E-state index in [1.54, 1.807) is 0 Å². The number of carbonyl (C=O) groups is 1. The summed E-state index contributed by atoms with van der Waals surface area (Å²) in [6.45, 7) is 3.34. The van der Waals surface area contributed by atoms with E-state index in [2.05, 4.69) is 12.2 Å². The minimum absolute atomic E-state index is 0.275. The lowest BCUT2D eigenvalue weighted by molar-refractivity contribution is 0.141. The summed E-state index contributed by atoms with van der Waals surface area (Å²) in [6, 6.07) is 0.368. The first-order valence-electron chi connectivity index (χ1n) is 6.38. The first-order chi connectivity index (χ1) is 7.72. The maximum Gasteiger partial charge on any atom is 0.407 e. The predicted octanol–water partition coefficient (Wildman–Crippen LogP) is 2.03. The number of rotatable bonds is 5. The average Bonchev–Trinajstić information content (AvgIpc) is 2.29. The van der Waals surface area contributed by atoms with Crippen LogP contribution in [0.3, 0.4) is 0 Å². The van der Waals surface area contributed by atoms with Crippen LogP contribution in [0.1, 0.15) is 45.4 Å². The quantitative estimate of drug-likeness (QED) is 0.708. The Morgan fingerprint density at radius 1 is 1.38 bits per heavy atom. The zero-order valence-corrected chi connectivity index (χ0v) is 10.2. The van der Waals surface area contributed by atoms with Gasteiger partial charge >= 0.3 is 6.09 Å². The van der Waals surface area contributed by atoms with Crippen LogP contribution < -0.4 is 11.1 Å². The van der Waals surface area contributed by atoms with E-state index in [0.717, 1.165) is 45.1 Å². The molecule has 1 aliphatic carbocycles. The minimum Gasteiger partial charge on any atom is -0.450 e. The van der Waals surface area contributed by atoms with Crippen molar-refractivity contribution >= 4 is 6.09 Å². The molecule has 1 rings (SSSR count). The lowest BCUT2D eigenvalue weighted by atomic mass is 9.86. The molecular weight excluding hydrogens is 204 g/mol. The summed E-state index contributed by atoms with van der Waals surface area (Å²) in [4.78, 5) is 11.3. The molecule has 0 atom stereocenters. The largest absolute Gasteiger partial charge is 0.450 e. The van der Waals surface area contributed by atoms with Crippen molar-refractivity contribution in [1.82, 2.24) is 5.32 Å². The third-order valence-electron chi connectivity index (χ3n) is 3.16. The van der Waals surface area contributed by atoms with Crippen molar-refractivity contribution in [3.05, 3.63) is 0 Å². The van der Waals surface area contributed by atoms with Crippen molar-refractivity contribution in [2.24, 2.45) is 11.7 Å². The van der Waals surface area contributed by atoms with Gasteiger partial charge in [0.05, 0.1) is 6.61 Å². The van der Waals surface area contributed by atoms with E-state index in [9.17, 15) is 4.79 Å². The SMILES string of the molecule is CCCCOC(=O)NCC1CCC(N)CC1. The summed E-state index contributed by atoms with van der Waals surface area (Å²) < 4.78 is 5.02. The van der Waals surface area contributed by atoms with Crippen molar-refractivity contribution < 1.29 is 9.53 Å². The van der Waals surface area contributed by atoms with Gasteiger partial charge in [-0.15, -0.1) is 0 Å². The number of amides is 1. The van der Waals surface area contributed by atoms with Gasteiger partial charge in [0.2, 0.25) is 0 Å². The monoisotopic (exact) mass is 228 g/mol. The Kier molecular flexibility index (Phi) is 6.23. The highest BCUT2D eigenvalue weighted by Gasteiger charge is 2.18. The summed E-state index contributed by atoms with van der Waals surface area (Å²) in [5, 5.41) is 2.82. The van der Waals surface area contributed by atoms with E-state index in [4.69, 9.17) is 10.5 Å². The summed E-state index contributed by atoms with van der Waals surface area (Å²) in [5.41, 5.74) is 5.82. The molecule has 0 bridgehead atoms. The molecule has 94 valence electrons. The summed E-state index contributed by atoms with van der Waals surface area (Å²) in [6.07, 6.45) is 6.11. The van der Waals surface area contributed by atoms with E-state index in [1.165, 1.54) is 0 Å². The third kappa shape index (κ3) is 5.35. The standard InChI is InChI=1S/C12H24N2O2/c1-2-3-8-16-12(15)14-9-10-4-6-11(13)7-5-10/h10-11H,2-9,13H2,1H3,(H,14,15). The zero-order chi connectivity index (χ0) is 11.8. The molecule has 0 aromatic rings. The van der Waals surface area contributed by atoms with Gasteiger partial charge in [0.15, 0.2) is 0 Å². The molecule has 1 amide bonds. The lowest BCUT2D eigenvalue weighted by Gasteiger charge is -2.25. The molecule has 0 heterocycles. The Morgan fingerprint density at radius 3 is 2.69 bits per heavy atom.